The molecule has 0 spiro atoms. The van der Waals surface area contributed by atoms with Gasteiger partial charge in [-0.3, -0.25) is 23.4 Å². The van der Waals surface area contributed by atoms with Crippen LogP contribution in [0.4, 0.5) is 0 Å². The second kappa shape index (κ2) is 42.4. The van der Waals surface area contributed by atoms with Gasteiger partial charge in [0.15, 0.2) is 6.10 Å². The van der Waals surface area contributed by atoms with E-state index in [1.807, 2.05) is 0 Å². The predicted octanol–water partition coefficient (Wildman–Crippen LogP) is 12.8. The monoisotopic (exact) mass is 856 g/mol. The highest BCUT2D eigenvalue weighted by Gasteiger charge is 2.28. The summed E-state index contributed by atoms with van der Waals surface area (Å²) in [6, 6.07) is -1.52. The number of nitrogens with two attached hydrogens (primary N) is 1. The number of hydrogen-bond acceptors (Lipinski definition) is 9. The number of esters is 2. The number of ether oxygens (including phenoxy) is 2. The Morgan fingerprint density at radius 3 is 1.37 bits per heavy atom. The van der Waals surface area contributed by atoms with Gasteiger partial charge in [-0.15, -0.1) is 0 Å². The third-order valence-corrected chi connectivity index (χ3v) is 11.1. The highest BCUT2D eigenvalue weighted by Crippen LogP contribution is 2.43. The van der Waals surface area contributed by atoms with Gasteiger partial charge >= 0.3 is 25.7 Å². The summed E-state index contributed by atoms with van der Waals surface area (Å²) < 4.78 is 32.8. The summed E-state index contributed by atoms with van der Waals surface area (Å²) in [6.45, 7) is 2.78. The average Bonchev–Trinajstić information content (AvgIpc) is 3.21. The van der Waals surface area contributed by atoms with E-state index in [2.05, 4.69) is 54.8 Å². The first-order valence-corrected chi connectivity index (χ1v) is 25.0. The molecular formula is C47H86NO10P. The van der Waals surface area contributed by atoms with Gasteiger partial charge in [-0.25, -0.2) is 4.57 Å². The molecule has 344 valence electrons. The Morgan fingerprint density at radius 2 is 0.898 bits per heavy atom. The number of carboxylic acids is 1. The average molecular weight is 856 g/mol. The summed E-state index contributed by atoms with van der Waals surface area (Å²) in [5.41, 5.74) is 5.34. The number of unbranched alkanes of at least 4 members (excludes halogenated alkanes) is 24. The quantitative estimate of drug-likeness (QED) is 0.0230. The van der Waals surface area contributed by atoms with E-state index in [1.165, 1.54) is 116 Å². The lowest BCUT2D eigenvalue weighted by Gasteiger charge is -2.20. The second-order valence-electron chi connectivity index (χ2n) is 15.9. The molecule has 0 aliphatic heterocycles. The van der Waals surface area contributed by atoms with Gasteiger partial charge in [-0.05, 0) is 51.4 Å². The molecule has 59 heavy (non-hydrogen) atoms. The van der Waals surface area contributed by atoms with Crippen molar-refractivity contribution in [1.82, 2.24) is 0 Å². The molecule has 12 heteroatoms. The molecule has 4 N–H and O–H groups in total. The number of carbonyl (C=O) groups excluding carboxylic acids is 2. The molecular weight excluding hydrogens is 769 g/mol. The molecule has 0 aromatic rings. The lowest BCUT2D eigenvalue weighted by molar-refractivity contribution is -0.161. The molecule has 0 rings (SSSR count). The van der Waals surface area contributed by atoms with Crippen molar-refractivity contribution in [1.29, 1.82) is 0 Å². The van der Waals surface area contributed by atoms with Gasteiger partial charge in [0.2, 0.25) is 0 Å². The Labute approximate surface area is 359 Å². The predicted molar refractivity (Wildman–Crippen MR) is 240 cm³/mol. The minimum atomic E-state index is -4.72. The van der Waals surface area contributed by atoms with Crippen molar-refractivity contribution < 1.29 is 47.5 Å². The van der Waals surface area contributed by atoms with Crippen LogP contribution in [0.25, 0.3) is 0 Å². The summed E-state index contributed by atoms with van der Waals surface area (Å²) in [6.07, 6.45) is 46.3. The van der Waals surface area contributed by atoms with E-state index in [9.17, 15) is 23.8 Å². The SMILES string of the molecule is CCCCC/C=C\C/C=C\C/C=C\CCCCCCC(=O)OC[C@H](COP(=O)(O)OC[C@H](N)C(=O)O)OC(=O)CCCCCCCCCCCCCCCCCCCC. The van der Waals surface area contributed by atoms with E-state index >= 15 is 0 Å². The fraction of sp³-hybridized carbons (Fsp3) is 0.809. The molecule has 0 saturated carbocycles. The Bertz CT molecular complexity index is 1140. The molecule has 0 aromatic carbocycles. The van der Waals surface area contributed by atoms with Gasteiger partial charge in [-0.2, -0.15) is 0 Å². The van der Waals surface area contributed by atoms with Gasteiger partial charge in [0.25, 0.3) is 0 Å². The van der Waals surface area contributed by atoms with E-state index in [0.717, 1.165) is 57.8 Å². The van der Waals surface area contributed by atoms with Crippen molar-refractivity contribution >= 4 is 25.7 Å². The maximum absolute atomic E-state index is 12.7. The van der Waals surface area contributed by atoms with Crippen LogP contribution in [0.5, 0.6) is 0 Å². The fourth-order valence-electron chi connectivity index (χ4n) is 6.43. The summed E-state index contributed by atoms with van der Waals surface area (Å²) in [5.74, 6) is -2.40. The van der Waals surface area contributed by atoms with Crippen molar-refractivity contribution in [2.24, 2.45) is 5.73 Å². The van der Waals surface area contributed by atoms with Crippen molar-refractivity contribution in [2.75, 3.05) is 19.8 Å². The maximum atomic E-state index is 12.7. The van der Waals surface area contributed by atoms with Gasteiger partial charge in [0.1, 0.15) is 12.6 Å². The molecule has 1 unspecified atom stereocenters. The maximum Gasteiger partial charge on any atom is 0.472 e. The first kappa shape index (κ1) is 56.7. The van der Waals surface area contributed by atoms with Crippen LogP contribution in [-0.4, -0.2) is 59.9 Å². The van der Waals surface area contributed by atoms with Crippen LogP contribution in [0.3, 0.4) is 0 Å². The van der Waals surface area contributed by atoms with Gasteiger partial charge < -0.3 is 25.2 Å². The van der Waals surface area contributed by atoms with E-state index in [0.29, 0.717) is 12.8 Å². The smallest absolute Gasteiger partial charge is 0.472 e. The lowest BCUT2D eigenvalue weighted by Crippen LogP contribution is -2.34. The first-order valence-electron chi connectivity index (χ1n) is 23.5. The molecule has 0 aliphatic rings. The Hall–Kier alpha value is -2.30. The van der Waals surface area contributed by atoms with E-state index in [-0.39, 0.29) is 19.4 Å². The lowest BCUT2D eigenvalue weighted by atomic mass is 10.0. The third-order valence-electron chi connectivity index (χ3n) is 10.1. The zero-order chi connectivity index (χ0) is 43.5. The van der Waals surface area contributed by atoms with Crippen LogP contribution in [0, 0.1) is 0 Å². The highest BCUT2D eigenvalue weighted by atomic mass is 31.2. The largest absolute Gasteiger partial charge is 0.480 e. The number of phosphoric acid groups is 1. The molecule has 0 aromatic heterocycles. The molecule has 0 fully saturated rings. The first-order chi connectivity index (χ1) is 28.6. The number of allylic oxidation sites excluding steroid dienone is 6. The summed E-state index contributed by atoms with van der Waals surface area (Å²) in [4.78, 5) is 46.0. The molecule has 0 radical (unpaired) electrons. The minimum Gasteiger partial charge on any atom is -0.480 e. The summed E-state index contributed by atoms with van der Waals surface area (Å²) >= 11 is 0. The molecule has 0 heterocycles. The van der Waals surface area contributed by atoms with E-state index in [4.69, 9.17) is 24.8 Å². The standard InChI is InChI=1S/C47H86NO10P/c1-3-5-7-9-11-13-15-17-19-21-23-25-27-29-31-33-35-37-39-46(50)58-43(41-56-59(53,54)57-42-44(48)47(51)52)40-55-45(49)38-36-34-32-30-28-26-24-22-20-18-16-14-12-10-8-6-4-2/h12,14,18,20,24,26,43-44H,3-11,13,15-17,19,21-23,25,27-42,48H2,1-2H3,(H,51,52)(H,53,54)/b14-12-,20-18-,26-24-/t43-,44+/m1/s1. The van der Waals surface area contributed by atoms with Crippen LogP contribution in [-0.2, 0) is 37.5 Å². The van der Waals surface area contributed by atoms with Crippen LogP contribution < -0.4 is 5.73 Å². The van der Waals surface area contributed by atoms with Crippen molar-refractivity contribution in [2.45, 2.75) is 225 Å². The Morgan fingerprint density at radius 1 is 0.525 bits per heavy atom. The van der Waals surface area contributed by atoms with Crippen LogP contribution in [0.1, 0.15) is 213 Å². The zero-order valence-corrected chi connectivity index (χ0v) is 38.2. The molecule has 0 bridgehead atoms. The number of carboxylic acid groups (broad SMARTS) is 1. The number of carbonyl (C=O) groups is 3. The Balaban J connectivity index is 4.33. The number of aliphatic carboxylic acids is 1. The van der Waals surface area contributed by atoms with Crippen LogP contribution in [0.15, 0.2) is 36.5 Å². The number of rotatable bonds is 44. The van der Waals surface area contributed by atoms with Crippen molar-refractivity contribution in [3.8, 4) is 0 Å². The van der Waals surface area contributed by atoms with Gasteiger partial charge in [0.05, 0.1) is 13.2 Å². The topological polar surface area (TPSA) is 172 Å². The zero-order valence-electron chi connectivity index (χ0n) is 37.3. The van der Waals surface area contributed by atoms with Crippen LogP contribution >= 0.6 is 7.82 Å². The normalized spacial score (nSPS) is 14.0. The molecule has 0 aliphatic carbocycles. The summed E-state index contributed by atoms with van der Waals surface area (Å²) in [7, 11) is -4.72. The third kappa shape index (κ3) is 42.2. The number of hydrogen-bond donors (Lipinski definition) is 3. The molecule has 0 amide bonds. The minimum absolute atomic E-state index is 0.159. The summed E-state index contributed by atoms with van der Waals surface area (Å²) in [5, 5.41) is 8.90. The molecule has 0 saturated heterocycles. The van der Waals surface area contributed by atoms with Crippen LogP contribution in [0.2, 0.25) is 0 Å². The molecule has 3 atom stereocenters. The molecule has 11 nitrogen and oxygen atoms in total. The second-order valence-corrected chi connectivity index (χ2v) is 17.3. The van der Waals surface area contributed by atoms with E-state index < -0.39 is 51.1 Å². The van der Waals surface area contributed by atoms with Gasteiger partial charge in [0, 0.05) is 12.8 Å². The fourth-order valence-corrected chi connectivity index (χ4v) is 7.20. The van der Waals surface area contributed by atoms with Crippen molar-refractivity contribution in [3.63, 3.8) is 0 Å². The number of phosphoric ester groups is 1. The Kier molecular flexibility index (Phi) is 40.7. The van der Waals surface area contributed by atoms with Crippen molar-refractivity contribution in [3.05, 3.63) is 36.5 Å². The van der Waals surface area contributed by atoms with Gasteiger partial charge in [-0.1, -0.05) is 185 Å². The highest BCUT2D eigenvalue weighted by molar-refractivity contribution is 7.47. The van der Waals surface area contributed by atoms with E-state index in [1.54, 1.807) is 0 Å².